The third kappa shape index (κ3) is 18.1. The zero-order valence-electron chi connectivity index (χ0n) is 8.49. The van der Waals surface area contributed by atoms with E-state index in [0.29, 0.717) is 0 Å². The number of methoxy groups -OCH3 is 1. The maximum atomic E-state index is 10.2. The molecule has 0 saturated heterocycles. The Balaban J connectivity index is 0. The van der Waals surface area contributed by atoms with Gasteiger partial charge in [0.25, 0.3) is 0 Å². The predicted molar refractivity (Wildman–Crippen MR) is 48.1 cm³/mol. The molecule has 0 saturated carbocycles. The van der Waals surface area contributed by atoms with Crippen LogP contribution in [0.5, 0.6) is 0 Å². The van der Waals surface area contributed by atoms with Crippen LogP contribution in [-0.4, -0.2) is 25.3 Å². The highest BCUT2D eigenvalue weighted by Crippen LogP contribution is 1.94. The molecule has 78 valence electrons. The lowest BCUT2D eigenvalue weighted by Crippen LogP contribution is -2.09. The fourth-order valence-corrected chi connectivity index (χ4v) is 0.367. The number of esters is 1. The van der Waals surface area contributed by atoms with Crippen molar-refractivity contribution >= 4 is 12.1 Å². The lowest BCUT2D eigenvalue weighted by atomic mass is 10.3. The fourth-order valence-electron chi connectivity index (χ4n) is 0.367. The number of nitrogens with two attached hydrogens (primary N) is 1. The van der Waals surface area contributed by atoms with Gasteiger partial charge in [0, 0.05) is 6.92 Å². The van der Waals surface area contributed by atoms with E-state index in [1.165, 1.54) is 14.0 Å². The Morgan fingerprint density at radius 1 is 1.46 bits per heavy atom. The van der Waals surface area contributed by atoms with Crippen LogP contribution in [0.4, 0.5) is 4.79 Å². The Bertz CT molecular complexity index is 158. The van der Waals surface area contributed by atoms with Crippen LogP contribution in [0.15, 0.2) is 0 Å². The summed E-state index contributed by atoms with van der Waals surface area (Å²) in [6, 6.07) is 0. The van der Waals surface area contributed by atoms with Crippen molar-refractivity contribution in [2.24, 2.45) is 5.73 Å². The third-order valence-corrected chi connectivity index (χ3v) is 1.14. The van der Waals surface area contributed by atoms with E-state index in [9.17, 15) is 9.59 Å². The van der Waals surface area contributed by atoms with Crippen molar-refractivity contribution < 1.29 is 19.1 Å². The average Bonchev–Trinajstić information content (AvgIpc) is 2.04. The van der Waals surface area contributed by atoms with Gasteiger partial charge in [0.1, 0.15) is 0 Å². The minimum Gasteiger partial charge on any atom is -0.463 e. The smallest absolute Gasteiger partial charge is 0.404 e. The highest BCUT2D eigenvalue weighted by atomic mass is 16.5. The van der Waals surface area contributed by atoms with Crippen molar-refractivity contribution in [2.75, 3.05) is 7.11 Å². The number of carbonyl (C=O) groups excluding carboxylic acids is 2. The molecule has 0 heterocycles. The molecule has 0 radical (unpaired) electrons. The van der Waals surface area contributed by atoms with Crippen LogP contribution in [-0.2, 0) is 14.3 Å². The molecule has 0 aliphatic heterocycles. The van der Waals surface area contributed by atoms with Crippen molar-refractivity contribution in [3.8, 4) is 0 Å². The lowest BCUT2D eigenvalue weighted by Gasteiger charge is -2.06. The van der Waals surface area contributed by atoms with E-state index in [0.717, 1.165) is 6.42 Å². The summed E-state index contributed by atoms with van der Waals surface area (Å²) < 4.78 is 8.65. The van der Waals surface area contributed by atoms with Crippen molar-refractivity contribution in [1.29, 1.82) is 0 Å². The van der Waals surface area contributed by atoms with Crippen LogP contribution in [0.3, 0.4) is 0 Å². The molecule has 0 aromatic heterocycles. The number of hydrogen-bond donors (Lipinski definition) is 1. The number of ether oxygens (including phenoxy) is 2. The first-order chi connectivity index (χ1) is 5.93. The Labute approximate surface area is 78.2 Å². The molecule has 0 aromatic carbocycles. The van der Waals surface area contributed by atoms with E-state index in [-0.39, 0.29) is 12.1 Å². The first-order valence-electron chi connectivity index (χ1n) is 3.94. The number of hydrogen-bond acceptors (Lipinski definition) is 4. The summed E-state index contributed by atoms with van der Waals surface area (Å²) in [5.41, 5.74) is 4.43. The van der Waals surface area contributed by atoms with Crippen LogP contribution in [0.25, 0.3) is 0 Å². The Kier molecular flexibility index (Phi) is 9.70. The van der Waals surface area contributed by atoms with Crippen LogP contribution < -0.4 is 5.73 Å². The SMILES string of the molecule is CCC(C)OC(C)=O.COC(N)=O. The van der Waals surface area contributed by atoms with E-state index in [4.69, 9.17) is 4.74 Å². The number of primary amides is 1. The van der Waals surface area contributed by atoms with Gasteiger partial charge in [-0.1, -0.05) is 6.92 Å². The molecule has 5 nitrogen and oxygen atoms in total. The van der Waals surface area contributed by atoms with Crippen molar-refractivity contribution in [1.82, 2.24) is 0 Å². The second-order valence-corrected chi connectivity index (χ2v) is 2.35. The fraction of sp³-hybridized carbons (Fsp3) is 0.750. The van der Waals surface area contributed by atoms with Gasteiger partial charge in [0.05, 0.1) is 13.2 Å². The first-order valence-corrected chi connectivity index (χ1v) is 3.94. The zero-order valence-corrected chi connectivity index (χ0v) is 8.49. The van der Waals surface area contributed by atoms with Gasteiger partial charge in [-0.3, -0.25) is 4.79 Å². The minimum atomic E-state index is -0.745. The molecule has 1 amide bonds. The predicted octanol–water partition coefficient (Wildman–Crippen LogP) is 1.06. The second-order valence-electron chi connectivity index (χ2n) is 2.35. The van der Waals surface area contributed by atoms with Gasteiger partial charge < -0.3 is 15.2 Å². The molecule has 1 unspecified atom stereocenters. The standard InChI is InChI=1S/C6H12O2.C2H5NO2/c1-4-5(2)8-6(3)7;1-5-2(3)4/h5H,4H2,1-3H3;1H3,(H2,3,4). The average molecular weight is 191 g/mol. The van der Waals surface area contributed by atoms with E-state index in [1.54, 1.807) is 0 Å². The molecule has 2 N–H and O–H groups in total. The molecule has 0 spiro atoms. The van der Waals surface area contributed by atoms with Gasteiger partial charge in [0.2, 0.25) is 0 Å². The lowest BCUT2D eigenvalue weighted by molar-refractivity contribution is -0.145. The van der Waals surface area contributed by atoms with Gasteiger partial charge in [-0.15, -0.1) is 0 Å². The van der Waals surface area contributed by atoms with E-state index < -0.39 is 6.09 Å². The summed E-state index contributed by atoms with van der Waals surface area (Å²) in [6.07, 6.45) is 0.219. The summed E-state index contributed by atoms with van der Waals surface area (Å²) in [7, 11) is 1.22. The monoisotopic (exact) mass is 191 g/mol. The first kappa shape index (κ1) is 14.3. The molecule has 0 aliphatic rings. The third-order valence-electron chi connectivity index (χ3n) is 1.14. The molecule has 0 aromatic rings. The molecule has 1 atom stereocenters. The molecule has 0 fully saturated rings. The highest BCUT2D eigenvalue weighted by Gasteiger charge is 1.99. The van der Waals surface area contributed by atoms with Gasteiger partial charge in [0.15, 0.2) is 0 Å². The molecular weight excluding hydrogens is 174 g/mol. The highest BCUT2D eigenvalue weighted by molar-refractivity contribution is 5.66. The largest absolute Gasteiger partial charge is 0.463 e. The van der Waals surface area contributed by atoms with Gasteiger partial charge in [-0.2, -0.15) is 0 Å². The second kappa shape index (κ2) is 8.83. The quantitative estimate of drug-likeness (QED) is 0.662. The van der Waals surface area contributed by atoms with Crippen LogP contribution >= 0.6 is 0 Å². The summed E-state index contributed by atoms with van der Waals surface area (Å²) in [5.74, 6) is -0.195. The normalized spacial score (nSPS) is 10.5. The number of amides is 1. The minimum absolute atomic E-state index is 0.0764. The molecule has 13 heavy (non-hydrogen) atoms. The van der Waals surface area contributed by atoms with Gasteiger partial charge in [-0.25, -0.2) is 4.79 Å². The molecular formula is C8H17NO4. The van der Waals surface area contributed by atoms with Gasteiger partial charge in [-0.05, 0) is 13.3 Å². The van der Waals surface area contributed by atoms with Crippen LogP contribution in [0.1, 0.15) is 27.2 Å². The topological polar surface area (TPSA) is 78.6 Å². The van der Waals surface area contributed by atoms with E-state index in [2.05, 4.69) is 10.5 Å². The van der Waals surface area contributed by atoms with Gasteiger partial charge >= 0.3 is 12.1 Å². The summed E-state index contributed by atoms with van der Waals surface area (Å²) in [5, 5.41) is 0. The zero-order chi connectivity index (χ0) is 10.9. The molecule has 5 heteroatoms. The van der Waals surface area contributed by atoms with Crippen LogP contribution in [0, 0.1) is 0 Å². The Morgan fingerprint density at radius 3 is 1.92 bits per heavy atom. The summed E-state index contributed by atoms with van der Waals surface area (Å²) in [4.78, 5) is 19.6. The number of rotatable bonds is 2. The molecule has 0 rings (SSSR count). The summed E-state index contributed by atoms with van der Waals surface area (Å²) >= 11 is 0. The van der Waals surface area contributed by atoms with Crippen molar-refractivity contribution in [2.45, 2.75) is 33.3 Å². The van der Waals surface area contributed by atoms with Crippen LogP contribution in [0.2, 0.25) is 0 Å². The van der Waals surface area contributed by atoms with Crippen molar-refractivity contribution in [3.05, 3.63) is 0 Å². The van der Waals surface area contributed by atoms with E-state index >= 15 is 0 Å². The van der Waals surface area contributed by atoms with Crippen molar-refractivity contribution in [3.63, 3.8) is 0 Å². The molecule has 0 bridgehead atoms. The Morgan fingerprint density at radius 2 is 1.85 bits per heavy atom. The maximum Gasteiger partial charge on any atom is 0.404 e. The number of carbonyl (C=O) groups is 2. The summed E-state index contributed by atoms with van der Waals surface area (Å²) in [6.45, 7) is 5.28. The maximum absolute atomic E-state index is 10.2. The van der Waals surface area contributed by atoms with E-state index in [1.807, 2.05) is 13.8 Å². The Hall–Kier alpha value is -1.26. The molecule has 0 aliphatic carbocycles.